The molecule has 44 heavy (non-hydrogen) atoms. The molecule has 1 aromatic heterocycles. The van der Waals surface area contributed by atoms with E-state index in [1.54, 1.807) is 13.3 Å². The van der Waals surface area contributed by atoms with Gasteiger partial charge in [-0.05, 0) is 95.7 Å². The van der Waals surface area contributed by atoms with Crippen molar-refractivity contribution in [3.05, 3.63) is 117 Å². The summed E-state index contributed by atoms with van der Waals surface area (Å²) in [6.07, 6.45) is 3.12. The fourth-order valence-corrected chi connectivity index (χ4v) is 5.42. The average molecular weight is 671 g/mol. The highest BCUT2D eigenvalue weighted by Crippen LogP contribution is 2.26. The van der Waals surface area contributed by atoms with Crippen LogP contribution in [0.1, 0.15) is 42.5 Å². The van der Waals surface area contributed by atoms with Crippen LogP contribution in [0, 0.1) is 0 Å². The number of methoxy groups -OCH3 is 1. The second-order valence-electron chi connectivity index (χ2n) is 10.7. The van der Waals surface area contributed by atoms with E-state index in [9.17, 15) is 4.79 Å². The third kappa shape index (κ3) is 7.68. The SMILES string of the molecule is C=C1Cc2ccc(OC)cc2/C(c2ccc(Cl)cc2)=N\[C@@H](CC(=O)NCCc2ccc3cc(Br)cnc3c2)/C(C)=N/N=C\1C. The Hall–Kier alpha value is -4.14. The second kappa shape index (κ2) is 14.1. The predicted molar refractivity (Wildman–Crippen MR) is 184 cm³/mol. The standard InChI is InChI=1S/C35H33BrClN5O2/c1-21-15-26-9-12-30(44-4)18-31(26)35(25-7-10-29(37)11-8-25)40-32(23(3)42-41-22(21)2)19-34(43)38-14-13-24-5-6-27-17-28(36)20-39-33(27)16-24/h5-12,16-18,20,32H,1,13-15,19H2,2-4H3,(H,38,43)/b40-35-,41-22-,42-23+/t32-/m0/s1. The quantitative estimate of drug-likeness (QED) is 0.220. The number of halogens is 2. The van der Waals surface area contributed by atoms with E-state index >= 15 is 0 Å². The Kier molecular flexibility index (Phi) is 10.0. The Morgan fingerprint density at radius 2 is 1.86 bits per heavy atom. The Labute approximate surface area is 271 Å². The summed E-state index contributed by atoms with van der Waals surface area (Å²) in [5.74, 6) is 0.574. The molecule has 4 aromatic rings. The molecule has 0 saturated heterocycles. The lowest BCUT2D eigenvalue weighted by molar-refractivity contribution is -0.121. The number of allylic oxidation sites excluding steroid dienone is 1. The van der Waals surface area contributed by atoms with Crippen molar-refractivity contribution in [2.45, 2.75) is 39.2 Å². The highest BCUT2D eigenvalue weighted by Gasteiger charge is 2.22. The molecule has 5 rings (SSSR count). The van der Waals surface area contributed by atoms with E-state index in [4.69, 9.17) is 21.3 Å². The number of hydrogen-bond donors (Lipinski definition) is 1. The fraction of sp³-hybridized carbons (Fsp3) is 0.229. The first-order valence-corrected chi connectivity index (χ1v) is 15.5. The summed E-state index contributed by atoms with van der Waals surface area (Å²) in [5.41, 5.74) is 7.68. The Balaban J connectivity index is 1.45. The first kappa shape index (κ1) is 31.3. The minimum atomic E-state index is -0.564. The first-order chi connectivity index (χ1) is 21.2. The molecule has 0 bridgehead atoms. The number of aliphatic imine (C=N–C) groups is 1. The Bertz CT molecular complexity index is 1810. The minimum Gasteiger partial charge on any atom is -0.497 e. The molecule has 0 radical (unpaired) electrons. The van der Waals surface area contributed by atoms with Gasteiger partial charge in [-0.2, -0.15) is 10.2 Å². The van der Waals surface area contributed by atoms with E-state index in [1.807, 2.05) is 68.4 Å². The maximum absolute atomic E-state index is 13.3. The van der Waals surface area contributed by atoms with Crippen LogP contribution in [0.4, 0.5) is 0 Å². The van der Waals surface area contributed by atoms with Gasteiger partial charge in [0.05, 0.1) is 42.2 Å². The zero-order valence-corrected chi connectivity index (χ0v) is 27.2. The van der Waals surface area contributed by atoms with Gasteiger partial charge in [0, 0.05) is 38.8 Å². The molecule has 3 aromatic carbocycles. The van der Waals surface area contributed by atoms with Crippen molar-refractivity contribution >= 4 is 61.5 Å². The summed E-state index contributed by atoms with van der Waals surface area (Å²) in [7, 11) is 1.64. The summed E-state index contributed by atoms with van der Waals surface area (Å²) in [6.45, 7) is 8.49. The topological polar surface area (TPSA) is 88.3 Å². The number of nitrogens with zero attached hydrogens (tertiary/aromatic N) is 4. The van der Waals surface area contributed by atoms with Crippen molar-refractivity contribution in [1.29, 1.82) is 0 Å². The molecule has 9 heteroatoms. The molecule has 1 N–H and O–H groups in total. The van der Waals surface area contributed by atoms with E-state index in [1.165, 1.54) is 0 Å². The molecule has 1 atom stereocenters. The zero-order chi connectivity index (χ0) is 31.2. The molecule has 1 amide bonds. The number of fused-ring (bicyclic) bond motifs is 2. The third-order valence-electron chi connectivity index (χ3n) is 7.56. The molecule has 0 unspecified atom stereocenters. The van der Waals surface area contributed by atoms with E-state index in [2.05, 4.69) is 55.1 Å². The van der Waals surface area contributed by atoms with Crippen LogP contribution in [0.25, 0.3) is 10.9 Å². The van der Waals surface area contributed by atoms with Gasteiger partial charge in [-0.25, -0.2) is 0 Å². The first-order valence-electron chi connectivity index (χ1n) is 14.3. The molecular formula is C35H33BrClN5O2. The normalized spacial score (nSPS) is 19.0. The number of nitrogens with one attached hydrogen (secondary N) is 1. The molecule has 0 saturated carbocycles. The number of pyridine rings is 1. The van der Waals surface area contributed by atoms with Crippen LogP contribution in [-0.2, 0) is 17.6 Å². The molecule has 1 aliphatic rings. The van der Waals surface area contributed by atoms with E-state index in [-0.39, 0.29) is 12.3 Å². The van der Waals surface area contributed by atoms with Gasteiger partial charge in [0.2, 0.25) is 5.91 Å². The lowest BCUT2D eigenvalue weighted by atomic mass is 9.92. The van der Waals surface area contributed by atoms with Crippen molar-refractivity contribution < 1.29 is 9.53 Å². The van der Waals surface area contributed by atoms with Crippen molar-refractivity contribution in [2.24, 2.45) is 15.2 Å². The van der Waals surface area contributed by atoms with E-state index in [0.717, 1.165) is 48.9 Å². The third-order valence-corrected chi connectivity index (χ3v) is 8.25. The number of hydrogen-bond acceptors (Lipinski definition) is 6. The van der Waals surface area contributed by atoms with Crippen molar-refractivity contribution in [2.75, 3.05) is 13.7 Å². The number of carbonyl (C=O) groups excluding carboxylic acids is 1. The molecule has 1 aliphatic heterocycles. The van der Waals surface area contributed by atoms with Crippen LogP contribution in [0.5, 0.6) is 5.75 Å². The largest absolute Gasteiger partial charge is 0.497 e. The fourth-order valence-electron chi connectivity index (χ4n) is 4.95. The second-order valence-corrected chi connectivity index (χ2v) is 12.1. The Morgan fingerprint density at radius 3 is 2.64 bits per heavy atom. The van der Waals surface area contributed by atoms with E-state index in [0.29, 0.717) is 41.6 Å². The summed E-state index contributed by atoms with van der Waals surface area (Å²) in [5, 5.41) is 13.7. The molecule has 0 spiro atoms. The summed E-state index contributed by atoms with van der Waals surface area (Å²) in [4.78, 5) is 23.0. The van der Waals surface area contributed by atoms with Crippen LogP contribution in [0.15, 0.2) is 105 Å². The maximum atomic E-state index is 13.3. The predicted octanol–water partition coefficient (Wildman–Crippen LogP) is 7.56. The lowest BCUT2D eigenvalue weighted by Crippen LogP contribution is -2.32. The Morgan fingerprint density at radius 1 is 1.07 bits per heavy atom. The number of amides is 1. The number of carbonyl (C=O) groups is 1. The van der Waals surface area contributed by atoms with Crippen molar-refractivity contribution in [3.8, 4) is 5.75 Å². The summed E-state index contributed by atoms with van der Waals surface area (Å²) in [6, 6.07) is 21.1. The van der Waals surface area contributed by atoms with Crippen LogP contribution >= 0.6 is 27.5 Å². The molecule has 2 heterocycles. The van der Waals surface area contributed by atoms with Crippen LogP contribution in [0.3, 0.4) is 0 Å². The number of ether oxygens (including phenoxy) is 1. The molecule has 7 nitrogen and oxygen atoms in total. The van der Waals surface area contributed by atoms with Gasteiger partial charge in [0.1, 0.15) is 5.75 Å². The minimum absolute atomic E-state index is 0.106. The number of benzene rings is 3. The van der Waals surface area contributed by atoms with Crippen LogP contribution in [-0.4, -0.2) is 47.7 Å². The molecular weight excluding hydrogens is 638 g/mol. The summed E-state index contributed by atoms with van der Waals surface area (Å²) < 4.78 is 6.53. The average Bonchev–Trinajstić information content (AvgIpc) is 3.03. The number of aromatic nitrogens is 1. The van der Waals surface area contributed by atoms with Crippen molar-refractivity contribution in [3.63, 3.8) is 0 Å². The zero-order valence-electron chi connectivity index (χ0n) is 24.9. The van der Waals surface area contributed by atoms with Crippen LogP contribution < -0.4 is 10.1 Å². The monoisotopic (exact) mass is 669 g/mol. The van der Waals surface area contributed by atoms with Gasteiger partial charge in [-0.1, -0.05) is 48.5 Å². The van der Waals surface area contributed by atoms with E-state index < -0.39 is 6.04 Å². The molecule has 0 fully saturated rings. The van der Waals surface area contributed by atoms with Gasteiger partial charge in [0.25, 0.3) is 0 Å². The highest BCUT2D eigenvalue weighted by molar-refractivity contribution is 9.10. The smallest absolute Gasteiger partial charge is 0.222 e. The molecule has 224 valence electrons. The highest BCUT2D eigenvalue weighted by atomic mass is 79.9. The van der Waals surface area contributed by atoms with Crippen molar-refractivity contribution in [1.82, 2.24) is 10.3 Å². The van der Waals surface area contributed by atoms with Gasteiger partial charge < -0.3 is 10.1 Å². The van der Waals surface area contributed by atoms with Gasteiger partial charge in [-0.3, -0.25) is 14.8 Å². The van der Waals surface area contributed by atoms with Crippen LogP contribution in [0.2, 0.25) is 5.02 Å². The summed E-state index contributed by atoms with van der Waals surface area (Å²) >= 11 is 9.71. The number of rotatable bonds is 7. The lowest BCUT2D eigenvalue weighted by Gasteiger charge is -2.18. The maximum Gasteiger partial charge on any atom is 0.222 e. The van der Waals surface area contributed by atoms with Gasteiger partial charge >= 0.3 is 0 Å². The van der Waals surface area contributed by atoms with Gasteiger partial charge in [0.15, 0.2) is 0 Å². The molecule has 0 aliphatic carbocycles. The van der Waals surface area contributed by atoms with Gasteiger partial charge in [-0.15, -0.1) is 0 Å².